The molecule has 3 heterocycles. The number of fused-ring (bicyclic) bond motifs is 5. The van der Waals surface area contributed by atoms with Crippen molar-refractivity contribution in [3.63, 3.8) is 0 Å². The molecule has 3 aromatic rings. The van der Waals surface area contributed by atoms with Crippen LogP contribution in [-0.4, -0.2) is 21.5 Å². The van der Waals surface area contributed by atoms with E-state index in [1.807, 2.05) is 0 Å². The molecule has 0 amide bonds. The van der Waals surface area contributed by atoms with E-state index < -0.39 is 0 Å². The van der Waals surface area contributed by atoms with Crippen LogP contribution >= 0.6 is 11.3 Å². The molecule has 5 heteroatoms. The molecule has 0 unspecified atom stereocenters. The molecule has 0 atom stereocenters. The number of rotatable bonds is 6. The van der Waals surface area contributed by atoms with Crippen LogP contribution in [0, 0.1) is 5.92 Å². The zero-order valence-corrected chi connectivity index (χ0v) is 16.2. The van der Waals surface area contributed by atoms with Crippen LogP contribution in [0.1, 0.15) is 56.9 Å². The first-order valence-electron chi connectivity index (χ1n) is 9.50. The molecule has 1 aliphatic rings. The zero-order chi connectivity index (χ0) is 17.4. The topological polar surface area (TPSA) is 50.7 Å². The Morgan fingerprint density at radius 2 is 2.04 bits per heavy atom. The summed E-state index contributed by atoms with van der Waals surface area (Å²) < 4.78 is 1.16. The molecule has 0 saturated carbocycles. The first kappa shape index (κ1) is 16.7. The summed E-state index contributed by atoms with van der Waals surface area (Å²) in [5.74, 6) is 1.66. The van der Waals surface area contributed by atoms with Crippen LogP contribution in [0.2, 0.25) is 0 Å². The predicted octanol–water partition coefficient (Wildman–Crippen LogP) is 5.14. The lowest BCUT2D eigenvalue weighted by Crippen LogP contribution is -2.06. The summed E-state index contributed by atoms with van der Waals surface area (Å²) in [4.78, 5) is 15.3. The SMILES string of the molecule is CCCc1nc2sc3c(NCCC(C)C)ncnc3c2c2c1CCC2. The van der Waals surface area contributed by atoms with Crippen molar-refractivity contribution >= 4 is 37.6 Å². The summed E-state index contributed by atoms with van der Waals surface area (Å²) in [6.45, 7) is 7.68. The molecular weight excluding hydrogens is 328 g/mol. The van der Waals surface area contributed by atoms with Crippen LogP contribution in [-0.2, 0) is 19.3 Å². The van der Waals surface area contributed by atoms with Crippen molar-refractivity contribution < 1.29 is 0 Å². The van der Waals surface area contributed by atoms with Crippen LogP contribution in [0.5, 0.6) is 0 Å². The Balaban J connectivity index is 1.84. The normalized spacial score (nSPS) is 13.9. The molecule has 0 saturated heterocycles. The molecule has 0 bridgehead atoms. The second kappa shape index (κ2) is 6.87. The quantitative estimate of drug-likeness (QED) is 0.666. The number of nitrogens with one attached hydrogen (secondary N) is 1. The number of anilines is 1. The van der Waals surface area contributed by atoms with Crippen molar-refractivity contribution in [2.45, 2.75) is 59.3 Å². The Morgan fingerprint density at radius 3 is 2.84 bits per heavy atom. The van der Waals surface area contributed by atoms with Gasteiger partial charge in [0.05, 0.1) is 10.2 Å². The second-order valence-corrected chi connectivity index (χ2v) is 8.41. The average Bonchev–Trinajstić information content (AvgIpc) is 3.19. The number of pyridine rings is 1. The molecule has 0 fully saturated rings. The van der Waals surface area contributed by atoms with Gasteiger partial charge in [-0.25, -0.2) is 15.0 Å². The zero-order valence-electron chi connectivity index (χ0n) is 15.4. The lowest BCUT2D eigenvalue weighted by Gasteiger charge is -2.08. The maximum absolute atomic E-state index is 5.05. The van der Waals surface area contributed by atoms with E-state index in [4.69, 9.17) is 4.98 Å². The summed E-state index contributed by atoms with van der Waals surface area (Å²) in [6, 6.07) is 0. The van der Waals surface area contributed by atoms with Gasteiger partial charge >= 0.3 is 0 Å². The number of thiophene rings is 1. The van der Waals surface area contributed by atoms with Gasteiger partial charge in [0.2, 0.25) is 0 Å². The van der Waals surface area contributed by atoms with Crippen LogP contribution in [0.15, 0.2) is 6.33 Å². The van der Waals surface area contributed by atoms with Crippen molar-refractivity contribution in [3.05, 3.63) is 23.1 Å². The van der Waals surface area contributed by atoms with E-state index in [9.17, 15) is 0 Å². The third kappa shape index (κ3) is 2.99. The van der Waals surface area contributed by atoms with Crippen LogP contribution in [0.25, 0.3) is 20.4 Å². The maximum Gasteiger partial charge on any atom is 0.147 e. The lowest BCUT2D eigenvalue weighted by atomic mass is 10.0. The average molecular weight is 355 g/mol. The Morgan fingerprint density at radius 1 is 1.20 bits per heavy atom. The minimum atomic E-state index is 0.689. The van der Waals surface area contributed by atoms with Gasteiger partial charge in [0.25, 0.3) is 0 Å². The molecule has 4 nitrogen and oxygen atoms in total. The minimum absolute atomic E-state index is 0.689. The van der Waals surface area contributed by atoms with E-state index in [0.29, 0.717) is 5.92 Å². The molecule has 0 aliphatic heterocycles. The Labute approximate surface area is 153 Å². The number of nitrogens with zero attached hydrogens (tertiary/aromatic N) is 3. The van der Waals surface area contributed by atoms with Crippen molar-refractivity contribution in [2.24, 2.45) is 5.92 Å². The van der Waals surface area contributed by atoms with Gasteiger partial charge in [-0.3, -0.25) is 0 Å². The third-order valence-corrected chi connectivity index (χ3v) is 6.14. The van der Waals surface area contributed by atoms with Crippen molar-refractivity contribution in [1.29, 1.82) is 0 Å². The highest BCUT2D eigenvalue weighted by atomic mass is 32.1. The van der Waals surface area contributed by atoms with Crippen molar-refractivity contribution in [1.82, 2.24) is 15.0 Å². The minimum Gasteiger partial charge on any atom is -0.369 e. The molecule has 3 aromatic heterocycles. The van der Waals surface area contributed by atoms with Crippen LogP contribution in [0.4, 0.5) is 5.82 Å². The number of hydrogen-bond donors (Lipinski definition) is 1. The van der Waals surface area contributed by atoms with Crippen molar-refractivity contribution in [3.8, 4) is 0 Å². The molecule has 0 aromatic carbocycles. The van der Waals surface area contributed by atoms with Gasteiger partial charge in [0.15, 0.2) is 0 Å². The van der Waals surface area contributed by atoms with Crippen LogP contribution < -0.4 is 5.32 Å². The summed E-state index contributed by atoms with van der Waals surface area (Å²) in [5.41, 5.74) is 5.42. The molecule has 4 rings (SSSR count). The largest absolute Gasteiger partial charge is 0.369 e. The fourth-order valence-corrected chi connectivity index (χ4v) is 4.97. The standard InChI is InChI=1S/C20H26N4S/c1-4-6-15-13-7-5-8-14(13)16-17-18(25-20(16)24-15)19(23-11-22-17)21-10-9-12(2)3/h11-12H,4-10H2,1-3H3,(H,21,22,23). The molecule has 0 radical (unpaired) electrons. The van der Waals surface area contributed by atoms with Gasteiger partial charge in [0, 0.05) is 17.6 Å². The van der Waals surface area contributed by atoms with Crippen LogP contribution in [0.3, 0.4) is 0 Å². The molecule has 0 spiro atoms. The van der Waals surface area contributed by atoms with E-state index >= 15 is 0 Å². The summed E-state index contributed by atoms with van der Waals surface area (Å²) in [7, 11) is 0. The lowest BCUT2D eigenvalue weighted by molar-refractivity contribution is 0.607. The fraction of sp³-hybridized carbons (Fsp3) is 0.550. The Hall–Kier alpha value is -1.75. The maximum atomic E-state index is 5.05. The van der Waals surface area contributed by atoms with E-state index in [1.54, 1.807) is 17.7 Å². The van der Waals surface area contributed by atoms with E-state index in [0.717, 1.165) is 53.1 Å². The first-order valence-corrected chi connectivity index (χ1v) is 10.3. The Bertz CT molecular complexity index is 913. The fourth-order valence-electron chi connectivity index (χ4n) is 3.83. The van der Waals surface area contributed by atoms with Gasteiger partial charge in [-0.05, 0) is 49.1 Å². The third-order valence-electron chi connectivity index (χ3n) is 5.06. The summed E-state index contributed by atoms with van der Waals surface area (Å²) in [5, 5.41) is 4.81. The molecular formula is C20H26N4S. The van der Waals surface area contributed by atoms with Gasteiger partial charge in [-0.15, -0.1) is 11.3 Å². The summed E-state index contributed by atoms with van der Waals surface area (Å²) >= 11 is 1.75. The predicted molar refractivity (Wildman–Crippen MR) is 107 cm³/mol. The number of aromatic nitrogens is 3. The number of hydrogen-bond acceptors (Lipinski definition) is 5. The highest BCUT2D eigenvalue weighted by Crippen LogP contribution is 2.41. The second-order valence-electron chi connectivity index (χ2n) is 7.41. The van der Waals surface area contributed by atoms with Crippen molar-refractivity contribution in [2.75, 3.05) is 11.9 Å². The molecule has 132 valence electrons. The Kier molecular flexibility index (Phi) is 4.59. The van der Waals surface area contributed by atoms with Gasteiger partial charge in [-0.2, -0.15) is 0 Å². The highest BCUT2D eigenvalue weighted by Gasteiger charge is 2.23. The van der Waals surface area contributed by atoms with E-state index in [1.165, 1.54) is 35.0 Å². The molecule has 1 aliphatic carbocycles. The number of aryl methyl sites for hydroxylation is 2. The van der Waals surface area contributed by atoms with E-state index in [2.05, 4.69) is 36.1 Å². The highest BCUT2D eigenvalue weighted by molar-refractivity contribution is 7.26. The monoisotopic (exact) mass is 354 g/mol. The molecule has 1 N–H and O–H groups in total. The summed E-state index contributed by atoms with van der Waals surface area (Å²) in [6.07, 6.45) is 8.66. The smallest absolute Gasteiger partial charge is 0.147 e. The van der Waals surface area contributed by atoms with E-state index in [-0.39, 0.29) is 0 Å². The first-order chi connectivity index (χ1) is 12.2. The van der Waals surface area contributed by atoms with Gasteiger partial charge < -0.3 is 5.32 Å². The van der Waals surface area contributed by atoms with Gasteiger partial charge in [0.1, 0.15) is 17.0 Å². The molecule has 25 heavy (non-hydrogen) atoms. The van der Waals surface area contributed by atoms with Gasteiger partial charge in [-0.1, -0.05) is 27.2 Å².